The van der Waals surface area contributed by atoms with Gasteiger partial charge in [0.25, 0.3) is 0 Å². The van der Waals surface area contributed by atoms with Gasteiger partial charge in [0.2, 0.25) is 0 Å². The highest BCUT2D eigenvalue weighted by atomic mass is 19.4. The molecule has 0 unspecified atom stereocenters. The Morgan fingerprint density at radius 2 is 0.983 bits per heavy atom. The van der Waals surface area contributed by atoms with Gasteiger partial charge in [-0.2, -0.15) is 26.3 Å². The van der Waals surface area contributed by atoms with Gasteiger partial charge >= 0.3 is 18.3 Å². The molecule has 3 rings (SSSR count). The fourth-order valence-corrected chi connectivity index (χ4v) is 5.75. The molecule has 0 atom stereocenters. The highest BCUT2D eigenvalue weighted by molar-refractivity contribution is 5.89. The zero-order chi connectivity index (χ0) is 44.0. The summed E-state index contributed by atoms with van der Waals surface area (Å²) in [5, 5.41) is 0. The molecule has 3 aromatic rings. The Kier molecular flexibility index (Phi) is 20.9. The summed E-state index contributed by atoms with van der Waals surface area (Å²) in [6.07, 6.45) is -4.18. The maximum Gasteiger partial charge on any atom is 0.420 e. The van der Waals surface area contributed by atoms with Crippen LogP contribution in [0.4, 0.5) is 35.1 Å². The number of alkyl halides is 6. The minimum atomic E-state index is -5.48. The van der Waals surface area contributed by atoms with Gasteiger partial charge in [0.1, 0.15) is 45.8 Å². The highest BCUT2D eigenvalue weighted by Gasteiger charge is 2.48. The molecule has 0 aliphatic heterocycles. The van der Waals surface area contributed by atoms with E-state index < -0.39 is 65.8 Å². The lowest BCUT2D eigenvalue weighted by Crippen LogP contribution is -2.20. The van der Waals surface area contributed by atoms with Crippen molar-refractivity contribution in [1.82, 2.24) is 0 Å². The maximum absolute atomic E-state index is 14.7. The second-order valence-corrected chi connectivity index (χ2v) is 13.4. The quantitative estimate of drug-likeness (QED) is 0.0295. The van der Waals surface area contributed by atoms with E-state index >= 15 is 0 Å². The normalized spacial score (nSPS) is 11.5. The van der Waals surface area contributed by atoms with Crippen molar-refractivity contribution in [2.75, 3.05) is 46.2 Å². The van der Waals surface area contributed by atoms with Crippen molar-refractivity contribution in [3.8, 4) is 23.0 Å². The first-order valence-corrected chi connectivity index (χ1v) is 19.6. The van der Waals surface area contributed by atoms with Gasteiger partial charge in [-0.1, -0.05) is 25.3 Å². The SMILES string of the molecule is C=CC(=O)CCOCCCCOc1ccc(CCCOc2ccc(OCCCc3ccc(OCCCCCCOC(=O)C=C)cc3F)c(C(F)(F)F)c2C(F)(F)F)c(F)c1. The third kappa shape index (κ3) is 17.6. The zero-order valence-electron chi connectivity index (χ0n) is 33.2. The molecular formula is C44H50F8O8. The smallest absolute Gasteiger partial charge is 0.420 e. The summed E-state index contributed by atoms with van der Waals surface area (Å²) in [5.74, 6) is -3.42. The minimum Gasteiger partial charge on any atom is -0.493 e. The van der Waals surface area contributed by atoms with Crippen molar-refractivity contribution in [1.29, 1.82) is 0 Å². The molecule has 0 N–H and O–H groups in total. The number of unbranched alkanes of at least 4 members (excludes halogenated alkanes) is 4. The number of ketones is 1. The second kappa shape index (κ2) is 25.5. The predicted octanol–water partition coefficient (Wildman–Crippen LogP) is 11.0. The van der Waals surface area contributed by atoms with Crippen molar-refractivity contribution in [3.63, 3.8) is 0 Å². The molecule has 0 amide bonds. The first-order chi connectivity index (χ1) is 28.6. The van der Waals surface area contributed by atoms with Gasteiger partial charge in [0.05, 0.1) is 39.6 Å². The first kappa shape index (κ1) is 49.2. The zero-order valence-corrected chi connectivity index (χ0v) is 33.2. The van der Waals surface area contributed by atoms with Gasteiger partial charge in [-0.25, -0.2) is 13.6 Å². The Balaban J connectivity index is 1.48. The van der Waals surface area contributed by atoms with E-state index in [1.165, 1.54) is 36.4 Å². The second-order valence-electron chi connectivity index (χ2n) is 13.4. The number of esters is 1. The number of rotatable bonds is 29. The van der Waals surface area contributed by atoms with Gasteiger partial charge in [0, 0.05) is 31.2 Å². The number of halogens is 8. The summed E-state index contributed by atoms with van der Waals surface area (Å²) in [6.45, 7) is 7.39. The molecule has 3 aromatic carbocycles. The Bertz CT molecular complexity index is 1700. The van der Waals surface area contributed by atoms with Crippen molar-refractivity contribution < 1.29 is 73.1 Å². The molecule has 0 bridgehead atoms. The van der Waals surface area contributed by atoms with Crippen LogP contribution in [0.25, 0.3) is 0 Å². The van der Waals surface area contributed by atoms with E-state index in [9.17, 15) is 44.7 Å². The lowest BCUT2D eigenvalue weighted by molar-refractivity contribution is -0.164. The van der Waals surface area contributed by atoms with Crippen LogP contribution in [0.1, 0.15) is 80.0 Å². The van der Waals surface area contributed by atoms with Crippen LogP contribution in [0.5, 0.6) is 23.0 Å². The van der Waals surface area contributed by atoms with Gasteiger partial charge < -0.3 is 28.4 Å². The summed E-state index contributed by atoms with van der Waals surface area (Å²) in [4.78, 5) is 22.2. The molecule has 0 saturated carbocycles. The van der Waals surface area contributed by atoms with Crippen molar-refractivity contribution in [3.05, 3.63) is 108 Å². The van der Waals surface area contributed by atoms with E-state index in [1.54, 1.807) is 0 Å². The molecule has 0 fully saturated rings. The highest BCUT2D eigenvalue weighted by Crippen LogP contribution is 2.49. The number of carbonyl (C=O) groups excluding carboxylic acids is 2. The molecule has 330 valence electrons. The van der Waals surface area contributed by atoms with Gasteiger partial charge in [0.15, 0.2) is 5.78 Å². The van der Waals surface area contributed by atoms with Gasteiger partial charge in [-0.15, -0.1) is 0 Å². The number of carbonyl (C=O) groups is 2. The van der Waals surface area contributed by atoms with Crippen molar-refractivity contribution in [2.24, 2.45) is 0 Å². The van der Waals surface area contributed by atoms with Crippen molar-refractivity contribution >= 4 is 11.8 Å². The van der Waals surface area contributed by atoms with E-state index in [0.29, 0.717) is 38.9 Å². The van der Waals surface area contributed by atoms with Crippen LogP contribution in [-0.4, -0.2) is 58.0 Å². The predicted molar refractivity (Wildman–Crippen MR) is 207 cm³/mol. The van der Waals surface area contributed by atoms with E-state index in [-0.39, 0.29) is 80.3 Å². The van der Waals surface area contributed by atoms with Crippen LogP contribution in [0.2, 0.25) is 0 Å². The minimum absolute atomic E-state index is 0.0159. The number of ether oxygens (including phenoxy) is 6. The number of aryl methyl sites for hydroxylation is 2. The van der Waals surface area contributed by atoms with Gasteiger partial charge in [-0.3, -0.25) is 4.79 Å². The van der Waals surface area contributed by atoms with Crippen molar-refractivity contribution in [2.45, 2.75) is 83.0 Å². The Morgan fingerprint density at radius 1 is 0.533 bits per heavy atom. The maximum atomic E-state index is 14.7. The van der Waals surface area contributed by atoms with E-state index in [1.807, 2.05) is 0 Å². The molecule has 0 aliphatic carbocycles. The topological polar surface area (TPSA) is 89.5 Å². The van der Waals surface area contributed by atoms with Crippen LogP contribution >= 0.6 is 0 Å². The van der Waals surface area contributed by atoms with Crippen LogP contribution in [0.15, 0.2) is 73.8 Å². The lowest BCUT2D eigenvalue weighted by Gasteiger charge is -2.22. The molecule has 0 spiro atoms. The first-order valence-electron chi connectivity index (χ1n) is 19.6. The molecule has 0 aromatic heterocycles. The molecular weight excluding hydrogens is 808 g/mol. The fourth-order valence-electron chi connectivity index (χ4n) is 5.75. The van der Waals surface area contributed by atoms with Crippen LogP contribution in [-0.2, 0) is 44.3 Å². The Morgan fingerprint density at radius 3 is 1.43 bits per heavy atom. The summed E-state index contributed by atoms with van der Waals surface area (Å²) in [5.41, 5.74) is -3.68. The molecule has 0 aliphatic rings. The molecule has 16 heteroatoms. The standard InChI is InChI=1S/C44H50F8O8/c1-3-33(53)21-28-55-22-9-10-24-57-35-18-16-32(37(46)30-35)14-12-27-59-39-20-19-38(41(43(47,48)49)42(39)44(50,51)52)58-26-11-13-31-15-17-34(29-36(31)45)56-23-7-5-6-8-25-60-40(54)4-2/h3-4,15-20,29-30H,1-2,5-14,21-28H2. The van der Waals surface area contributed by atoms with E-state index in [4.69, 9.17) is 28.4 Å². The number of benzene rings is 3. The van der Waals surface area contributed by atoms with Crippen LogP contribution < -0.4 is 18.9 Å². The summed E-state index contributed by atoms with van der Waals surface area (Å²) >= 11 is 0. The van der Waals surface area contributed by atoms with Gasteiger partial charge in [-0.05, 0) is 106 Å². The molecule has 0 radical (unpaired) electrons. The summed E-state index contributed by atoms with van der Waals surface area (Å²) < 4.78 is 146. The van der Waals surface area contributed by atoms with Crippen LogP contribution in [0, 0.1) is 11.6 Å². The number of allylic oxidation sites excluding steroid dienone is 1. The monoisotopic (exact) mass is 858 g/mol. The van der Waals surface area contributed by atoms with E-state index in [0.717, 1.165) is 37.1 Å². The summed E-state index contributed by atoms with van der Waals surface area (Å²) in [7, 11) is 0. The Hall–Kier alpha value is -5.12. The molecule has 8 nitrogen and oxygen atoms in total. The largest absolute Gasteiger partial charge is 0.493 e. The summed E-state index contributed by atoms with van der Waals surface area (Å²) in [6, 6.07) is 9.78. The molecule has 60 heavy (non-hydrogen) atoms. The lowest BCUT2D eigenvalue weighted by atomic mass is 10.0. The average Bonchev–Trinajstić information content (AvgIpc) is 3.20. The molecule has 0 saturated heterocycles. The number of hydrogen-bond acceptors (Lipinski definition) is 8. The Labute approximate surface area is 344 Å². The number of hydrogen-bond donors (Lipinski definition) is 0. The third-order valence-electron chi connectivity index (χ3n) is 8.83. The average molecular weight is 859 g/mol. The third-order valence-corrected chi connectivity index (χ3v) is 8.83. The fraction of sp³-hybridized carbons (Fsp3) is 0.455. The molecule has 0 heterocycles. The van der Waals surface area contributed by atoms with Crippen LogP contribution in [0.3, 0.4) is 0 Å². The van der Waals surface area contributed by atoms with E-state index in [2.05, 4.69) is 13.2 Å².